The molecule has 2 atom stereocenters. The summed E-state index contributed by atoms with van der Waals surface area (Å²) >= 11 is 5.93. The number of halogens is 4. The number of ether oxygens (including phenoxy) is 1. The van der Waals surface area contributed by atoms with Gasteiger partial charge in [0.1, 0.15) is 0 Å². The molecule has 0 bridgehead atoms. The first-order valence-corrected chi connectivity index (χ1v) is 7.03. The fourth-order valence-corrected chi connectivity index (χ4v) is 2.64. The highest BCUT2D eigenvalue weighted by Crippen LogP contribution is 2.39. The van der Waals surface area contributed by atoms with Crippen LogP contribution in [0, 0.1) is 0 Å². The number of hydrogen-bond acceptors (Lipinski definition) is 2. The molecule has 2 nitrogen and oxygen atoms in total. The van der Waals surface area contributed by atoms with Crippen molar-refractivity contribution < 1.29 is 17.9 Å². The van der Waals surface area contributed by atoms with Crippen molar-refractivity contribution in [2.45, 2.75) is 44.5 Å². The summed E-state index contributed by atoms with van der Waals surface area (Å²) in [4.78, 5) is 0. The standard InChI is InChI=1S/C14H17ClF3NO/c1-2-10-8-9(6-7-20-10)19-13-11(14(16,17)18)4-3-5-12(13)15/h3-5,9-10,19H,2,6-8H2,1H3. The van der Waals surface area contributed by atoms with Gasteiger partial charge in [-0.15, -0.1) is 0 Å². The topological polar surface area (TPSA) is 21.3 Å². The average molecular weight is 308 g/mol. The van der Waals surface area contributed by atoms with E-state index >= 15 is 0 Å². The second-order valence-electron chi connectivity index (χ2n) is 4.93. The minimum atomic E-state index is -4.41. The smallest absolute Gasteiger partial charge is 0.380 e. The van der Waals surface area contributed by atoms with E-state index in [1.54, 1.807) is 0 Å². The molecule has 0 aliphatic carbocycles. The molecule has 1 aromatic carbocycles. The van der Waals surface area contributed by atoms with Crippen molar-refractivity contribution in [3.05, 3.63) is 28.8 Å². The average Bonchev–Trinajstić information content (AvgIpc) is 2.40. The van der Waals surface area contributed by atoms with Crippen molar-refractivity contribution in [1.82, 2.24) is 0 Å². The maximum absolute atomic E-state index is 13.0. The molecule has 1 aliphatic heterocycles. The van der Waals surface area contributed by atoms with Crippen LogP contribution in [0.15, 0.2) is 18.2 Å². The van der Waals surface area contributed by atoms with Crippen LogP contribution in [-0.2, 0) is 10.9 Å². The van der Waals surface area contributed by atoms with Crippen LogP contribution in [0.25, 0.3) is 0 Å². The van der Waals surface area contributed by atoms with Crippen molar-refractivity contribution in [2.24, 2.45) is 0 Å². The Labute approximate surface area is 121 Å². The Morgan fingerprint density at radius 1 is 1.40 bits per heavy atom. The van der Waals surface area contributed by atoms with Crippen molar-refractivity contribution in [2.75, 3.05) is 11.9 Å². The van der Waals surface area contributed by atoms with Gasteiger partial charge in [-0.05, 0) is 31.4 Å². The highest BCUT2D eigenvalue weighted by atomic mass is 35.5. The Morgan fingerprint density at radius 3 is 2.80 bits per heavy atom. The monoisotopic (exact) mass is 307 g/mol. The van der Waals surface area contributed by atoms with Crippen LogP contribution < -0.4 is 5.32 Å². The summed E-state index contributed by atoms with van der Waals surface area (Å²) in [7, 11) is 0. The predicted octanol–water partition coefficient (Wildman–Crippen LogP) is 4.73. The van der Waals surface area contributed by atoms with Crippen molar-refractivity contribution >= 4 is 17.3 Å². The van der Waals surface area contributed by atoms with Gasteiger partial charge in [-0.3, -0.25) is 0 Å². The number of alkyl halides is 3. The van der Waals surface area contributed by atoms with Crippen LogP contribution in [0.1, 0.15) is 31.7 Å². The van der Waals surface area contributed by atoms with E-state index in [-0.39, 0.29) is 22.9 Å². The second kappa shape index (κ2) is 6.22. The maximum atomic E-state index is 13.0. The molecule has 1 aliphatic rings. The summed E-state index contributed by atoms with van der Waals surface area (Å²) < 4.78 is 44.5. The first kappa shape index (κ1) is 15.4. The number of para-hydroxylation sites is 1. The van der Waals surface area contributed by atoms with Crippen LogP contribution in [0.2, 0.25) is 5.02 Å². The summed E-state index contributed by atoms with van der Waals surface area (Å²) in [6, 6.07) is 3.78. The lowest BCUT2D eigenvalue weighted by Gasteiger charge is -2.31. The molecule has 2 unspecified atom stereocenters. The molecule has 1 fully saturated rings. The zero-order valence-electron chi connectivity index (χ0n) is 11.1. The van der Waals surface area contributed by atoms with Crippen LogP contribution in [-0.4, -0.2) is 18.8 Å². The number of benzene rings is 1. The highest BCUT2D eigenvalue weighted by molar-refractivity contribution is 6.33. The molecule has 6 heteroatoms. The molecule has 0 amide bonds. The minimum Gasteiger partial charge on any atom is -0.380 e. The van der Waals surface area contributed by atoms with Gasteiger partial charge in [0.05, 0.1) is 22.4 Å². The van der Waals surface area contributed by atoms with Crippen molar-refractivity contribution in [3.63, 3.8) is 0 Å². The number of hydrogen-bond donors (Lipinski definition) is 1. The SMILES string of the molecule is CCC1CC(Nc2c(Cl)cccc2C(F)(F)F)CCO1. The Bertz CT molecular complexity index is 464. The lowest BCUT2D eigenvalue weighted by atomic mass is 10.0. The Balaban J connectivity index is 2.20. The zero-order chi connectivity index (χ0) is 14.8. The third kappa shape index (κ3) is 3.58. The Hall–Kier alpha value is -0.940. The molecule has 20 heavy (non-hydrogen) atoms. The van der Waals surface area contributed by atoms with Gasteiger partial charge in [-0.2, -0.15) is 13.2 Å². The maximum Gasteiger partial charge on any atom is 0.418 e. The molecule has 1 aromatic rings. The summed E-state index contributed by atoms with van der Waals surface area (Å²) in [6.07, 6.45) is -2.09. The Morgan fingerprint density at radius 2 is 2.15 bits per heavy atom. The number of rotatable bonds is 3. The van der Waals surface area contributed by atoms with Gasteiger partial charge in [0.15, 0.2) is 0 Å². The molecule has 0 spiro atoms. The molecule has 1 heterocycles. The predicted molar refractivity (Wildman–Crippen MR) is 73.1 cm³/mol. The third-order valence-electron chi connectivity index (χ3n) is 3.49. The number of anilines is 1. The van der Waals surface area contributed by atoms with Crippen LogP contribution >= 0.6 is 11.6 Å². The molecular weight excluding hydrogens is 291 g/mol. The summed E-state index contributed by atoms with van der Waals surface area (Å²) in [6.45, 7) is 2.56. The lowest BCUT2D eigenvalue weighted by molar-refractivity contribution is -0.137. The Kier molecular flexibility index (Phi) is 4.81. The summed E-state index contributed by atoms with van der Waals surface area (Å²) in [5.74, 6) is 0. The van der Waals surface area contributed by atoms with Gasteiger partial charge in [0.25, 0.3) is 0 Å². The minimum absolute atomic E-state index is 0.0246. The molecule has 112 valence electrons. The van der Waals surface area contributed by atoms with E-state index in [9.17, 15) is 13.2 Å². The van der Waals surface area contributed by atoms with E-state index in [0.717, 1.165) is 12.5 Å². The molecule has 0 saturated carbocycles. The zero-order valence-corrected chi connectivity index (χ0v) is 11.9. The van der Waals surface area contributed by atoms with E-state index in [4.69, 9.17) is 16.3 Å². The van der Waals surface area contributed by atoms with Crippen LogP contribution in [0.3, 0.4) is 0 Å². The van der Waals surface area contributed by atoms with Gasteiger partial charge in [-0.25, -0.2) is 0 Å². The van der Waals surface area contributed by atoms with Gasteiger partial charge in [0, 0.05) is 12.6 Å². The van der Waals surface area contributed by atoms with Crippen molar-refractivity contribution in [1.29, 1.82) is 0 Å². The van der Waals surface area contributed by atoms with E-state index in [2.05, 4.69) is 5.32 Å². The highest BCUT2D eigenvalue weighted by Gasteiger charge is 2.35. The fourth-order valence-electron chi connectivity index (χ4n) is 2.41. The second-order valence-corrected chi connectivity index (χ2v) is 5.33. The summed E-state index contributed by atoms with van der Waals surface area (Å²) in [5.41, 5.74) is -0.743. The molecule has 0 radical (unpaired) electrons. The molecule has 2 rings (SSSR count). The van der Waals surface area contributed by atoms with Gasteiger partial charge in [0.2, 0.25) is 0 Å². The molecule has 0 aromatic heterocycles. The van der Waals surface area contributed by atoms with E-state index < -0.39 is 11.7 Å². The van der Waals surface area contributed by atoms with E-state index in [1.165, 1.54) is 12.1 Å². The molecule has 1 N–H and O–H groups in total. The van der Waals surface area contributed by atoms with Gasteiger partial charge >= 0.3 is 6.18 Å². The first-order valence-electron chi connectivity index (χ1n) is 6.65. The van der Waals surface area contributed by atoms with Gasteiger partial charge < -0.3 is 10.1 Å². The largest absolute Gasteiger partial charge is 0.418 e. The van der Waals surface area contributed by atoms with Crippen molar-refractivity contribution in [3.8, 4) is 0 Å². The lowest BCUT2D eigenvalue weighted by Crippen LogP contribution is -2.34. The molecular formula is C14H17ClF3NO. The quantitative estimate of drug-likeness (QED) is 0.871. The third-order valence-corrected chi connectivity index (χ3v) is 3.81. The normalized spacial score (nSPS) is 23.6. The van der Waals surface area contributed by atoms with Gasteiger partial charge in [-0.1, -0.05) is 24.6 Å². The first-order chi connectivity index (χ1) is 9.41. The molecule has 1 saturated heterocycles. The van der Waals surface area contributed by atoms with E-state index in [1.807, 2.05) is 6.92 Å². The van der Waals surface area contributed by atoms with Crippen LogP contribution in [0.5, 0.6) is 0 Å². The van der Waals surface area contributed by atoms with E-state index in [0.29, 0.717) is 19.4 Å². The summed E-state index contributed by atoms with van der Waals surface area (Å²) in [5, 5.41) is 3.05. The van der Waals surface area contributed by atoms with Crippen LogP contribution in [0.4, 0.5) is 18.9 Å². The fraction of sp³-hybridized carbons (Fsp3) is 0.571. The number of nitrogens with one attached hydrogen (secondary N) is 1.